The number of halogens is 1. The molecule has 71 valence electrons. The zero-order valence-corrected chi connectivity index (χ0v) is 10.2. The predicted molar refractivity (Wildman–Crippen MR) is 61.9 cm³/mol. The quantitative estimate of drug-likeness (QED) is 0.527. The lowest BCUT2D eigenvalue weighted by molar-refractivity contribution is 1.04. The second-order valence-corrected chi connectivity index (χ2v) is 6.97. The first-order chi connectivity index (χ1) is 6.15. The molecule has 0 N–H and O–H groups in total. The Kier molecular flexibility index (Phi) is 4.01. The molecule has 0 aliphatic heterocycles. The minimum Gasteiger partial charge on any atom is -0.122 e. The number of benzene rings is 1. The normalized spacial score (nSPS) is 13.3. The van der Waals surface area contributed by atoms with Crippen molar-refractivity contribution in [3.63, 3.8) is 0 Å². The van der Waals surface area contributed by atoms with Gasteiger partial charge < -0.3 is 0 Å². The summed E-state index contributed by atoms with van der Waals surface area (Å²) < 4.78 is 0. The topological polar surface area (TPSA) is 0 Å². The van der Waals surface area contributed by atoms with Crippen molar-refractivity contribution in [1.82, 2.24) is 0 Å². The molecule has 0 saturated carbocycles. The summed E-state index contributed by atoms with van der Waals surface area (Å²) in [6, 6.07) is 8.63. The van der Waals surface area contributed by atoms with E-state index >= 15 is 0 Å². The highest BCUT2D eigenvalue weighted by Crippen LogP contribution is 2.19. The maximum Gasteiger partial charge on any atom is 0.0493 e. The van der Waals surface area contributed by atoms with Crippen molar-refractivity contribution in [3.05, 3.63) is 35.4 Å². The molecular weight excluding hydrogens is 196 g/mol. The Hall–Kier alpha value is -0.273. The summed E-state index contributed by atoms with van der Waals surface area (Å²) >= 11 is 5.79. The summed E-state index contributed by atoms with van der Waals surface area (Å²) in [6.45, 7) is 7.01. The first kappa shape index (κ1) is 10.8. The third-order valence-corrected chi connectivity index (χ3v) is 4.85. The molecule has 1 unspecified atom stereocenters. The lowest BCUT2D eigenvalue weighted by Gasteiger charge is -2.15. The molecule has 0 aliphatic carbocycles. The number of hydrogen-bond acceptors (Lipinski definition) is 0. The van der Waals surface area contributed by atoms with E-state index in [1.54, 1.807) is 0 Å². The molecule has 1 atom stereocenters. The molecule has 13 heavy (non-hydrogen) atoms. The fourth-order valence-corrected chi connectivity index (χ4v) is 2.29. The first-order valence-electron chi connectivity index (χ1n) is 4.60. The minimum atomic E-state index is -0.232. The largest absolute Gasteiger partial charge is 0.122 e. The molecule has 2 heteroatoms. The fourth-order valence-electron chi connectivity index (χ4n) is 1.28. The zero-order valence-electron chi connectivity index (χ0n) is 8.47. The summed E-state index contributed by atoms with van der Waals surface area (Å²) in [5.74, 6) is 0.621. The van der Waals surface area contributed by atoms with Crippen LogP contribution in [0.2, 0.25) is 13.1 Å². The van der Waals surface area contributed by atoms with Crippen LogP contribution in [0.3, 0.4) is 0 Å². The average molecular weight is 212 g/mol. The summed E-state index contributed by atoms with van der Waals surface area (Å²) in [6.07, 6.45) is 0. The van der Waals surface area contributed by atoms with Crippen molar-refractivity contribution >= 4 is 20.4 Å². The Morgan fingerprint density at radius 2 is 2.08 bits per heavy atom. The highest BCUT2D eigenvalue weighted by atomic mass is 35.5. The van der Waals surface area contributed by atoms with Gasteiger partial charge in [-0.05, 0) is 16.7 Å². The summed E-state index contributed by atoms with van der Waals surface area (Å²) in [5.41, 5.74) is 3.39. The lowest BCUT2D eigenvalue weighted by Crippen LogP contribution is -2.12. The molecule has 1 radical (unpaired) electrons. The van der Waals surface area contributed by atoms with E-state index in [1.165, 1.54) is 11.1 Å². The van der Waals surface area contributed by atoms with Crippen molar-refractivity contribution < 1.29 is 0 Å². The third kappa shape index (κ3) is 2.85. The molecule has 1 aromatic carbocycles. The predicted octanol–water partition coefficient (Wildman–Crippen LogP) is 3.82. The van der Waals surface area contributed by atoms with Crippen LogP contribution in [0.4, 0.5) is 0 Å². The second-order valence-electron chi connectivity index (χ2n) is 3.68. The van der Waals surface area contributed by atoms with E-state index in [-0.39, 0.29) is 8.80 Å². The number of rotatable bonds is 3. The van der Waals surface area contributed by atoms with E-state index in [0.29, 0.717) is 11.4 Å². The lowest BCUT2D eigenvalue weighted by atomic mass is 10.1. The second kappa shape index (κ2) is 4.82. The van der Waals surface area contributed by atoms with Gasteiger partial charge in [0.15, 0.2) is 0 Å². The van der Waals surface area contributed by atoms with Crippen LogP contribution in [0.25, 0.3) is 0 Å². The molecule has 0 fully saturated rings. The maximum atomic E-state index is 5.79. The molecule has 0 amide bonds. The van der Waals surface area contributed by atoms with Crippen LogP contribution in [0, 0.1) is 0 Å². The van der Waals surface area contributed by atoms with Gasteiger partial charge in [0.2, 0.25) is 0 Å². The Bertz CT molecular complexity index is 271. The van der Waals surface area contributed by atoms with E-state index in [0.717, 1.165) is 0 Å². The Labute approximate surface area is 87.5 Å². The van der Waals surface area contributed by atoms with Gasteiger partial charge in [-0.1, -0.05) is 44.3 Å². The third-order valence-electron chi connectivity index (χ3n) is 2.47. The molecule has 0 aromatic heterocycles. The zero-order chi connectivity index (χ0) is 9.84. The van der Waals surface area contributed by atoms with Crippen molar-refractivity contribution in [2.24, 2.45) is 0 Å². The van der Waals surface area contributed by atoms with E-state index in [9.17, 15) is 0 Å². The molecular formula is C11H16ClSi. The highest BCUT2D eigenvalue weighted by Gasteiger charge is 2.10. The SMILES string of the molecule is CC(c1cccc(CCl)c1)[Si](C)C. The molecule has 1 aromatic rings. The fraction of sp³-hybridized carbons (Fsp3) is 0.455. The smallest absolute Gasteiger partial charge is 0.0493 e. The van der Waals surface area contributed by atoms with E-state index in [4.69, 9.17) is 11.6 Å². The van der Waals surface area contributed by atoms with Crippen molar-refractivity contribution in [2.45, 2.75) is 31.4 Å². The standard InChI is InChI=1S/C11H16ClSi/c1-9(13(2)3)11-6-4-5-10(7-11)8-12/h4-7,9H,8H2,1-3H3. The molecule has 0 aliphatic rings. The van der Waals surface area contributed by atoms with Gasteiger partial charge >= 0.3 is 0 Å². The van der Waals surface area contributed by atoms with Crippen LogP contribution in [0.15, 0.2) is 24.3 Å². The molecule has 1 rings (SSSR count). The van der Waals surface area contributed by atoms with E-state index in [1.807, 2.05) is 0 Å². The van der Waals surface area contributed by atoms with Crippen LogP contribution in [0.5, 0.6) is 0 Å². The number of hydrogen-bond donors (Lipinski definition) is 0. The van der Waals surface area contributed by atoms with Crippen molar-refractivity contribution in [3.8, 4) is 0 Å². The first-order valence-corrected chi connectivity index (χ1v) is 7.71. The van der Waals surface area contributed by atoms with Gasteiger partial charge in [0.25, 0.3) is 0 Å². The summed E-state index contributed by atoms with van der Waals surface area (Å²) in [7, 11) is -0.232. The van der Waals surface area contributed by atoms with Crippen LogP contribution in [0.1, 0.15) is 23.6 Å². The van der Waals surface area contributed by atoms with Gasteiger partial charge in [0.05, 0.1) is 0 Å². The monoisotopic (exact) mass is 211 g/mol. The van der Waals surface area contributed by atoms with Gasteiger partial charge in [-0.3, -0.25) is 0 Å². The maximum absolute atomic E-state index is 5.79. The van der Waals surface area contributed by atoms with Crippen molar-refractivity contribution in [1.29, 1.82) is 0 Å². The van der Waals surface area contributed by atoms with Crippen LogP contribution < -0.4 is 0 Å². The molecule has 0 spiro atoms. The molecule has 0 heterocycles. The van der Waals surface area contributed by atoms with E-state index < -0.39 is 0 Å². The number of alkyl halides is 1. The molecule has 0 saturated heterocycles. The summed E-state index contributed by atoms with van der Waals surface area (Å²) in [4.78, 5) is 0. The minimum absolute atomic E-state index is 0.232. The average Bonchev–Trinajstić information content (AvgIpc) is 2.16. The Morgan fingerprint density at radius 3 is 2.62 bits per heavy atom. The van der Waals surface area contributed by atoms with E-state index in [2.05, 4.69) is 44.3 Å². The Balaban J connectivity index is 2.88. The van der Waals surface area contributed by atoms with Gasteiger partial charge in [0.1, 0.15) is 0 Å². The van der Waals surface area contributed by atoms with Gasteiger partial charge in [-0.25, -0.2) is 0 Å². The van der Waals surface area contributed by atoms with Crippen molar-refractivity contribution in [2.75, 3.05) is 0 Å². The molecule has 0 bridgehead atoms. The van der Waals surface area contributed by atoms with Crippen LogP contribution >= 0.6 is 11.6 Å². The van der Waals surface area contributed by atoms with Crippen LogP contribution in [-0.2, 0) is 5.88 Å². The summed E-state index contributed by atoms with van der Waals surface area (Å²) in [5, 5.41) is 0. The van der Waals surface area contributed by atoms with Gasteiger partial charge in [-0.2, -0.15) is 0 Å². The van der Waals surface area contributed by atoms with Crippen LogP contribution in [-0.4, -0.2) is 8.80 Å². The van der Waals surface area contributed by atoms with Gasteiger partial charge in [0, 0.05) is 14.7 Å². The highest BCUT2D eigenvalue weighted by molar-refractivity contribution is 6.57. The van der Waals surface area contributed by atoms with Gasteiger partial charge in [-0.15, -0.1) is 11.6 Å². The molecule has 0 nitrogen and oxygen atoms in total. The Morgan fingerprint density at radius 1 is 1.38 bits per heavy atom.